The molecule has 6 nitrogen and oxygen atoms in total. The lowest BCUT2D eigenvalue weighted by molar-refractivity contribution is -0.144. The minimum atomic E-state index is -0.432. The zero-order valence-corrected chi connectivity index (χ0v) is 10.4. The maximum absolute atomic E-state index is 11.4. The van der Waals surface area contributed by atoms with Crippen LogP contribution in [0.15, 0.2) is 0 Å². The minimum Gasteiger partial charge on any atom is -0.466 e. The standard InChI is InChI=1S/C11H21N3O3/c1-3-17-10(15)5-8-4-9(13-2)7-14(6-8)11(12)16/h8-9,13H,3-7H2,1-2H3,(H2,12,16). The molecule has 2 atom stereocenters. The minimum absolute atomic E-state index is 0.118. The van der Waals surface area contributed by atoms with E-state index in [4.69, 9.17) is 10.5 Å². The highest BCUT2D eigenvalue weighted by atomic mass is 16.5. The quantitative estimate of drug-likeness (QED) is 0.677. The van der Waals surface area contributed by atoms with Crippen LogP contribution < -0.4 is 11.1 Å². The molecule has 0 aromatic heterocycles. The molecular weight excluding hydrogens is 222 g/mol. The number of nitrogens with two attached hydrogens (primary N) is 1. The Morgan fingerprint density at radius 1 is 1.47 bits per heavy atom. The van der Waals surface area contributed by atoms with E-state index in [-0.39, 0.29) is 17.9 Å². The lowest BCUT2D eigenvalue weighted by Gasteiger charge is -2.36. The van der Waals surface area contributed by atoms with E-state index in [1.54, 1.807) is 11.8 Å². The second-order valence-corrected chi connectivity index (χ2v) is 4.34. The molecule has 17 heavy (non-hydrogen) atoms. The summed E-state index contributed by atoms with van der Waals surface area (Å²) in [6.07, 6.45) is 1.20. The number of piperidine rings is 1. The van der Waals surface area contributed by atoms with Gasteiger partial charge in [-0.2, -0.15) is 0 Å². The number of likely N-dealkylation sites (tertiary alicyclic amines) is 1. The normalized spacial score (nSPS) is 24.5. The van der Waals surface area contributed by atoms with Crippen molar-refractivity contribution >= 4 is 12.0 Å². The lowest BCUT2D eigenvalue weighted by Crippen LogP contribution is -2.52. The number of ether oxygens (including phenoxy) is 1. The first-order chi connectivity index (χ1) is 8.06. The van der Waals surface area contributed by atoms with E-state index in [1.165, 1.54) is 0 Å². The van der Waals surface area contributed by atoms with Gasteiger partial charge in [0.1, 0.15) is 0 Å². The van der Waals surface area contributed by atoms with Crippen molar-refractivity contribution < 1.29 is 14.3 Å². The summed E-state index contributed by atoms with van der Waals surface area (Å²) in [6, 6.07) is -0.241. The van der Waals surface area contributed by atoms with Gasteiger partial charge < -0.3 is 20.7 Å². The Balaban J connectivity index is 2.53. The topological polar surface area (TPSA) is 84.7 Å². The number of nitrogens with zero attached hydrogens (tertiary/aromatic N) is 1. The smallest absolute Gasteiger partial charge is 0.314 e. The van der Waals surface area contributed by atoms with Crippen LogP contribution in [-0.4, -0.2) is 49.7 Å². The van der Waals surface area contributed by atoms with Gasteiger partial charge in [0, 0.05) is 19.1 Å². The van der Waals surface area contributed by atoms with Gasteiger partial charge in [-0.05, 0) is 26.3 Å². The van der Waals surface area contributed by atoms with Gasteiger partial charge in [0.25, 0.3) is 0 Å². The molecule has 1 saturated heterocycles. The van der Waals surface area contributed by atoms with Crippen LogP contribution in [-0.2, 0) is 9.53 Å². The van der Waals surface area contributed by atoms with Gasteiger partial charge in [0.05, 0.1) is 13.0 Å². The highest BCUT2D eigenvalue weighted by molar-refractivity contribution is 5.73. The molecule has 0 aromatic rings. The second kappa shape index (κ2) is 6.44. The van der Waals surface area contributed by atoms with E-state index in [0.29, 0.717) is 26.1 Å². The van der Waals surface area contributed by atoms with Crippen LogP contribution in [0.5, 0.6) is 0 Å². The molecule has 0 aliphatic carbocycles. The first-order valence-corrected chi connectivity index (χ1v) is 5.94. The number of carbonyl (C=O) groups is 2. The van der Waals surface area contributed by atoms with Crippen LogP contribution in [0.4, 0.5) is 4.79 Å². The summed E-state index contributed by atoms with van der Waals surface area (Å²) in [5.74, 6) is -0.0913. The van der Waals surface area contributed by atoms with Crippen LogP contribution >= 0.6 is 0 Å². The second-order valence-electron chi connectivity index (χ2n) is 4.34. The van der Waals surface area contributed by atoms with Gasteiger partial charge in [-0.25, -0.2) is 4.79 Å². The molecule has 1 aliphatic heterocycles. The molecular formula is C11H21N3O3. The fourth-order valence-electron chi connectivity index (χ4n) is 2.20. The molecule has 1 fully saturated rings. The van der Waals surface area contributed by atoms with Crippen LogP contribution in [0.25, 0.3) is 0 Å². The van der Waals surface area contributed by atoms with Crippen molar-refractivity contribution in [3.8, 4) is 0 Å². The van der Waals surface area contributed by atoms with Crippen molar-refractivity contribution in [2.45, 2.75) is 25.8 Å². The molecule has 1 heterocycles. The lowest BCUT2D eigenvalue weighted by atomic mass is 9.92. The van der Waals surface area contributed by atoms with E-state index >= 15 is 0 Å². The Morgan fingerprint density at radius 2 is 2.18 bits per heavy atom. The Bertz CT molecular complexity index is 283. The molecule has 0 spiro atoms. The number of nitrogens with one attached hydrogen (secondary N) is 1. The summed E-state index contributed by atoms with van der Waals surface area (Å²) in [6.45, 7) is 3.31. The van der Waals surface area contributed by atoms with E-state index in [2.05, 4.69) is 5.32 Å². The Hall–Kier alpha value is -1.30. The van der Waals surface area contributed by atoms with Gasteiger partial charge in [-0.15, -0.1) is 0 Å². The predicted molar refractivity (Wildman–Crippen MR) is 63.4 cm³/mol. The van der Waals surface area contributed by atoms with Crippen molar-refractivity contribution in [1.29, 1.82) is 0 Å². The number of hydrogen-bond acceptors (Lipinski definition) is 4. The number of urea groups is 1. The van der Waals surface area contributed by atoms with Crippen LogP contribution in [0.3, 0.4) is 0 Å². The number of esters is 1. The Labute approximate surface area is 101 Å². The maximum Gasteiger partial charge on any atom is 0.314 e. The zero-order chi connectivity index (χ0) is 12.8. The molecule has 0 aromatic carbocycles. The first kappa shape index (κ1) is 13.8. The molecule has 0 saturated carbocycles. The zero-order valence-electron chi connectivity index (χ0n) is 10.4. The molecule has 98 valence electrons. The van der Waals surface area contributed by atoms with Gasteiger partial charge in [-0.1, -0.05) is 0 Å². The van der Waals surface area contributed by atoms with E-state index in [0.717, 1.165) is 6.42 Å². The first-order valence-electron chi connectivity index (χ1n) is 5.94. The largest absolute Gasteiger partial charge is 0.466 e. The Kier molecular flexibility index (Phi) is 5.21. The third-order valence-electron chi connectivity index (χ3n) is 3.02. The summed E-state index contributed by atoms with van der Waals surface area (Å²) >= 11 is 0. The monoisotopic (exact) mass is 243 g/mol. The molecule has 3 N–H and O–H groups in total. The molecule has 0 bridgehead atoms. The molecule has 6 heteroatoms. The van der Waals surface area contributed by atoms with E-state index < -0.39 is 6.03 Å². The SMILES string of the molecule is CCOC(=O)CC1CC(NC)CN(C(N)=O)C1. The molecule has 2 unspecified atom stereocenters. The van der Waals surface area contributed by atoms with Crippen molar-refractivity contribution in [1.82, 2.24) is 10.2 Å². The van der Waals surface area contributed by atoms with Crippen molar-refractivity contribution in [3.05, 3.63) is 0 Å². The van der Waals surface area contributed by atoms with E-state index in [9.17, 15) is 9.59 Å². The average molecular weight is 243 g/mol. The summed E-state index contributed by atoms with van der Waals surface area (Å²) in [7, 11) is 1.84. The number of amides is 2. The van der Waals surface area contributed by atoms with Crippen molar-refractivity contribution in [3.63, 3.8) is 0 Å². The van der Waals surface area contributed by atoms with E-state index in [1.807, 2.05) is 7.05 Å². The van der Waals surface area contributed by atoms with Crippen LogP contribution in [0, 0.1) is 5.92 Å². The van der Waals surface area contributed by atoms with Gasteiger partial charge in [0.15, 0.2) is 0 Å². The highest BCUT2D eigenvalue weighted by Gasteiger charge is 2.29. The maximum atomic E-state index is 11.4. The number of primary amides is 1. The number of likely N-dealkylation sites (N-methyl/N-ethyl adjacent to an activating group) is 1. The summed E-state index contributed by atoms with van der Waals surface area (Å²) < 4.78 is 4.92. The fraction of sp³-hybridized carbons (Fsp3) is 0.818. The number of rotatable bonds is 4. The number of carbonyl (C=O) groups excluding carboxylic acids is 2. The average Bonchev–Trinajstić information content (AvgIpc) is 2.28. The number of hydrogen-bond donors (Lipinski definition) is 2. The third-order valence-corrected chi connectivity index (χ3v) is 3.02. The molecule has 0 radical (unpaired) electrons. The van der Waals surface area contributed by atoms with Gasteiger partial charge >= 0.3 is 12.0 Å². The Morgan fingerprint density at radius 3 is 2.71 bits per heavy atom. The van der Waals surface area contributed by atoms with Crippen molar-refractivity contribution in [2.75, 3.05) is 26.7 Å². The van der Waals surface area contributed by atoms with Crippen LogP contribution in [0.1, 0.15) is 19.8 Å². The third kappa shape index (κ3) is 4.22. The molecule has 1 rings (SSSR count). The molecule has 2 amide bonds. The summed E-state index contributed by atoms with van der Waals surface area (Å²) in [4.78, 5) is 24.2. The summed E-state index contributed by atoms with van der Waals surface area (Å²) in [5.41, 5.74) is 5.28. The van der Waals surface area contributed by atoms with Gasteiger partial charge in [-0.3, -0.25) is 4.79 Å². The predicted octanol–water partition coefficient (Wildman–Crippen LogP) is -0.0718. The van der Waals surface area contributed by atoms with Crippen LogP contribution in [0.2, 0.25) is 0 Å². The fourth-order valence-corrected chi connectivity index (χ4v) is 2.20. The van der Waals surface area contributed by atoms with Crippen molar-refractivity contribution in [2.24, 2.45) is 11.7 Å². The summed E-state index contributed by atoms with van der Waals surface area (Å²) in [5, 5.41) is 3.12. The van der Waals surface area contributed by atoms with Gasteiger partial charge in [0.2, 0.25) is 0 Å². The molecule has 1 aliphatic rings. The highest BCUT2D eigenvalue weighted by Crippen LogP contribution is 2.20.